The minimum atomic E-state index is -3.88. The second-order valence-electron chi connectivity index (χ2n) is 5.38. The fourth-order valence-corrected chi connectivity index (χ4v) is 4.32. The average Bonchev–Trinajstić information content (AvgIpc) is 3.10. The molecule has 0 saturated heterocycles. The van der Waals surface area contributed by atoms with Crippen LogP contribution in [0.5, 0.6) is 5.75 Å². The molecule has 0 aliphatic carbocycles. The van der Waals surface area contributed by atoms with E-state index in [2.05, 4.69) is 4.98 Å². The monoisotopic (exact) mass is 416 g/mol. The van der Waals surface area contributed by atoms with Crippen molar-refractivity contribution in [2.45, 2.75) is 11.5 Å². The normalized spacial score (nSPS) is 11.8. The molecule has 0 radical (unpaired) electrons. The molecule has 0 aliphatic heterocycles. The van der Waals surface area contributed by atoms with Gasteiger partial charge in [-0.05, 0) is 35.9 Å². The average molecular weight is 417 g/mol. The summed E-state index contributed by atoms with van der Waals surface area (Å²) in [5.41, 5.74) is 0.547. The lowest BCUT2D eigenvalue weighted by molar-refractivity contribution is 0.309. The van der Waals surface area contributed by atoms with Crippen LogP contribution in [0, 0.1) is 11.3 Å². The van der Waals surface area contributed by atoms with E-state index in [9.17, 15) is 13.7 Å². The summed E-state index contributed by atoms with van der Waals surface area (Å²) < 4.78 is 31.4. The first-order chi connectivity index (χ1) is 13.0. The molecule has 0 atom stereocenters. The third-order valence-electron chi connectivity index (χ3n) is 3.52. The number of halogens is 1. The van der Waals surface area contributed by atoms with Crippen molar-refractivity contribution in [3.8, 4) is 11.8 Å². The molecule has 0 N–H and O–H groups in total. The smallest absolute Gasteiger partial charge is 0.216 e. The van der Waals surface area contributed by atoms with E-state index in [0.717, 1.165) is 4.88 Å². The minimum Gasteiger partial charge on any atom is -0.488 e. The van der Waals surface area contributed by atoms with Gasteiger partial charge < -0.3 is 4.74 Å². The van der Waals surface area contributed by atoms with Gasteiger partial charge in [0.05, 0.1) is 9.77 Å². The van der Waals surface area contributed by atoms with Gasteiger partial charge in [0, 0.05) is 6.20 Å². The maximum Gasteiger partial charge on any atom is 0.216 e. The van der Waals surface area contributed by atoms with E-state index in [0.29, 0.717) is 22.4 Å². The second kappa shape index (κ2) is 8.35. The van der Waals surface area contributed by atoms with Crippen molar-refractivity contribution in [1.82, 2.24) is 4.98 Å². The van der Waals surface area contributed by atoms with E-state index < -0.39 is 9.84 Å². The molecule has 1 aromatic heterocycles. The molecule has 0 saturated carbocycles. The first-order valence-electron chi connectivity index (χ1n) is 7.74. The number of ether oxygens (including phenoxy) is 1. The van der Waals surface area contributed by atoms with Crippen molar-refractivity contribution >= 4 is 38.9 Å². The van der Waals surface area contributed by atoms with Crippen LogP contribution < -0.4 is 4.74 Å². The van der Waals surface area contributed by atoms with Crippen LogP contribution in [0.2, 0.25) is 4.47 Å². The molecule has 0 spiro atoms. The summed E-state index contributed by atoms with van der Waals surface area (Å²) >= 11 is 7.11. The zero-order valence-corrected chi connectivity index (χ0v) is 16.3. The topological polar surface area (TPSA) is 80.0 Å². The maximum atomic E-state index is 12.6. The first kappa shape index (κ1) is 19.1. The number of rotatable bonds is 6. The third-order valence-corrected chi connectivity index (χ3v) is 6.28. The van der Waals surface area contributed by atoms with E-state index in [4.69, 9.17) is 16.3 Å². The van der Waals surface area contributed by atoms with Gasteiger partial charge in [0.2, 0.25) is 9.84 Å². The minimum absolute atomic E-state index is 0.0762. The van der Waals surface area contributed by atoms with Crippen molar-refractivity contribution in [2.75, 3.05) is 0 Å². The quantitative estimate of drug-likeness (QED) is 0.543. The molecule has 136 valence electrons. The zero-order valence-electron chi connectivity index (χ0n) is 13.9. The summed E-state index contributed by atoms with van der Waals surface area (Å²) in [5, 5.41) is 9.36. The predicted molar refractivity (Wildman–Crippen MR) is 105 cm³/mol. The molecule has 0 bridgehead atoms. The molecule has 8 heteroatoms. The highest BCUT2D eigenvalue weighted by molar-refractivity contribution is 7.95. The highest BCUT2D eigenvalue weighted by Crippen LogP contribution is 2.24. The van der Waals surface area contributed by atoms with Gasteiger partial charge in [-0.3, -0.25) is 0 Å². The SMILES string of the molecule is N#C/C(=C/c1cccc(OCc2cnc(Cl)s2)c1)S(=O)(=O)c1ccccc1. The van der Waals surface area contributed by atoms with E-state index in [-0.39, 0.29) is 9.80 Å². The van der Waals surface area contributed by atoms with Gasteiger partial charge in [0.15, 0.2) is 4.47 Å². The predicted octanol–water partition coefficient (Wildman–Crippen LogP) is 4.71. The van der Waals surface area contributed by atoms with Crippen LogP contribution in [0.3, 0.4) is 0 Å². The molecular weight excluding hydrogens is 404 g/mol. The number of aromatic nitrogens is 1. The number of sulfone groups is 1. The Hall–Kier alpha value is -2.66. The Morgan fingerprint density at radius 1 is 1.22 bits per heavy atom. The molecule has 27 heavy (non-hydrogen) atoms. The zero-order chi connectivity index (χ0) is 19.3. The summed E-state index contributed by atoms with van der Waals surface area (Å²) in [6, 6.07) is 16.5. The second-order valence-corrected chi connectivity index (χ2v) is 8.99. The van der Waals surface area contributed by atoms with E-state index >= 15 is 0 Å². The number of hydrogen-bond acceptors (Lipinski definition) is 6. The lowest BCUT2D eigenvalue weighted by Crippen LogP contribution is -2.03. The van der Waals surface area contributed by atoms with Gasteiger partial charge in [-0.2, -0.15) is 5.26 Å². The maximum absolute atomic E-state index is 12.6. The van der Waals surface area contributed by atoms with Crippen molar-refractivity contribution in [1.29, 1.82) is 5.26 Å². The van der Waals surface area contributed by atoms with Crippen LogP contribution in [0.15, 0.2) is 70.6 Å². The highest BCUT2D eigenvalue weighted by atomic mass is 35.5. The Morgan fingerprint density at radius 2 is 2.00 bits per heavy atom. The molecule has 3 rings (SSSR count). The van der Waals surface area contributed by atoms with Crippen molar-refractivity contribution < 1.29 is 13.2 Å². The van der Waals surface area contributed by atoms with Crippen LogP contribution in [-0.2, 0) is 16.4 Å². The Balaban J connectivity index is 1.84. The third kappa shape index (κ3) is 4.74. The summed E-state index contributed by atoms with van der Waals surface area (Å²) in [4.78, 5) is 4.55. The van der Waals surface area contributed by atoms with Gasteiger partial charge >= 0.3 is 0 Å². The standard InChI is InChI=1S/C19H13ClN2O3S2/c20-19-22-12-16(26-19)13-25-15-6-4-5-14(9-15)10-18(11-21)27(23,24)17-7-2-1-3-8-17/h1-10,12H,13H2/b18-10-. The lowest BCUT2D eigenvalue weighted by Gasteiger charge is -2.06. The molecule has 1 heterocycles. The van der Waals surface area contributed by atoms with Crippen molar-refractivity contribution in [3.63, 3.8) is 0 Å². The number of hydrogen-bond donors (Lipinski definition) is 0. The van der Waals surface area contributed by atoms with E-state index in [1.807, 2.05) is 0 Å². The molecule has 0 aliphatic rings. The lowest BCUT2D eigenvalue weighted by atomic mass is 10.2. The van der Waals surface area contributed by atoms with Crippen LogP contribution in [-0.4, -0.2) is 13.4 Å². The van der Waals surface area contributed by atoms with Gasteiger partial charge in [-0.1, -0.05) is 41.9 Å². The number of allylic oxidation sites excluding steroid dienone is 1. The molecule has 5 nitrogen and oxygen atoms in total. The first-order valence-corrected chi connectivity index (χ1v) is 10.4. The number of benzene rings is 2. The van der Waals surface area contributed by atoms with Gasteiger partial charge in [0.1, 0.15) is 23.3 Å². The number of thiazole rings is 1. The van der Waals surface area contributed by atoms with Crippen molar-refractivity contribution in [2.24, 2.45) is 0 Å². The number of nitriles is 1. The molecule has 0 amide bonds. The molecule has 3 aromatic rings. The summed E-state index contributed by atoms with van der Waals surface area (Å²) in [6.45, 7) is 0.297. The van der Waals surface area contributed by atoms with Gasteiger partial charge in [-0.15, -0.1) is 11.3 Å². The van der Waals surface area contributed by atoms with Crippen LogP contribution in [0.4, 0.5) is 0 Å². The molecule has 2 aromatic carbocycles. The summed E-state index contributed by atoms with van der Waals surface area (Å²) in [5.74, 6) is 0.544. The number of nitrogens with zero attached hydrogens (tertiary/aromatic N) is 2. The van der Waals surface area contributed by atoms with Crippen molar-refractivity contribution in [3.05, 3.63) is 80.6 Å². The fourth-order valence-electron chi connectivity index (χ4n) is 2.25. The largest absolute Gasteiger partial charge is 0.488 e. The summed E-state index contributed by atoms with van der Waals surface area (Å²) in [6.07, 6.45) is 2.97. The highest BCUT2D eigenvalue weighted by Gasteiger charge is 2.20. The molecular formula is C19H13ClN2O3S2. The van der Waals surface area contributed by atoms with Crippen LogP contribution in [0.1, 0.15) is 10.4 Å². The van der Waals surface area contributed by atoms with E-state index in [1.54, 1.807) is 54.7 Å². The Kier molecular flexibility index (Phi) is 5.91. The summed E-state index contributed by atoms with van der Waals surface area (Å²) in [7, 11) is -3.88. The van der Waals surface area contributed by atoms with Gasteiger partial charge in [0.25, 0.3) is 0 Å². The van der Waals surface area contributed by atoms with Crippen LogP contribution in [0.25, 0.3) is 6.08 Å². The fraction of sp³-hybridized carbons (Fsp3) is 0.0526. The van der Waals surface area contributed by atoms with Crippen LogP contribution >= 0.6 is 22.9 Å². The Bertz CT molecular complexity index is 1120. The Labute approximate surface area is 166 Å². The Morgan fingerprint density at radius 3 is 2.67 bits per heavy atom. The molecule has 0 fully saturated rings. The molecule has 0 unspecified atom stereocenters. The van der Waals surface area contributed by atoms with E-state index in [1.165, 1.54) is 29.5 Å². The van der Waals surface area contributed by atoms with Gasteiger partial charge in [-0.25, -0.2) is 13.4 Å².